The molecule has 3 aromatic rings. The number of aromatic nitrogens is 3. The van der Waals surface area contributed by atoms with E-state index < -0.39 is 26.6 Å². The van der Waals surface area contributed by atoms with Gasteiger partial charge in [0.2, 0.25) is 10.0 Å². The molecule has 0 spiro atoms. The number of sulfonamides is 1. The van der Waals surface area contributed by atoms with Gasteiger partial charge in [0, 0.05) is 24.3 Å². The van der Waals surface area contributed by atoms with Crippen molar-refractivity contribution in [3.63, 3.8) is 0 Å². The average Bonchev–Trinajstić information content (AvgIpc) is 3.13. The van der Waals surface area contributed by atoms with Crippen LogP contribution in [0.4, 0.5) is 10.1 Å². The Morgan fingerprint density at radius 2 is 1.81 bits per heavy atom. The van der Waals surface area contributed by atoms with Crippen molar-refractivity contribution >= 4 is 21.6 Å². The van der Waals surface area contributed by atoms with Crippen LogP contribution in [0.2, 0.25) is 0 Å². The molecule has 1 aliphatic rings. The third kappa shape index (κ3) is 4.42. The number of aryl methyl sites for hydroxylation is 2. The number of amides is 1. The van der Waals surface area contributed by atoms with Gasteiger partial charge in [0.1, 0.15) is 10.7 Å². The summed E-state index contributed by atoms with van der Waals surface area (Å²) < 4.78 is 43.1. The van der Waals surface area contributed by atoms with E-state index in [0.717, 1.165) is 42.8 Å². The third-order valence-electron chi connectivity index (χ3n) is 5.36. The van der Waals surface area contributed by atoms with Gasteiger partial charge in [-0.2, -0.15) is 9.40 Å². The first-order valence-electron chi connectivity index (χ1n) is 10.4. The van der Waals surface area contributed by atoms with E-state index in [-0.39, 0.29) is 5.56 Å². The first-order valence-corrected chi connectivity index (χ1v) is 11.8. The molecule has 4 rings (SSSR count). The Bertz CT molecular complexity index is 1250. The molecule has 0 saturated carbocycles. The highest BCUT2D eigenvalue weighted by atomic mass is 32.2. The topological polar surface area (TPSA) is 97.2 Å². The summed E-state index contributed by atoms with van der Waals surface area (Å²) >= 11 is 0. The zero-order valence-electron chi connectivity index (χ0n) is 17.9. The molecule has 0 unspecified atom stereocenters. The summed E-state index contributed by atoms with van der Waals surface area (Å²) in [6.07, 6.45) is 3.91. The van der Waals surface area contributed by atoms with E-state index in [0.29, 0.717) is 24.6 Å². The molecule has 1 saturated heterocycles. The number of hydrogen-bond donors (Lipinski definition) is 1. The van der Waals surface area contributed by atoms with Gasteiger partial charge in [0.25, 0.3) is 5.91 Å². The van der Waals surface area contributed by atoms with Crippen LogP contribution in [0.1, 0.15) is 41.0 Å². The predicted molar refractivity (Wildman–Crippen MR) is 118 cm³/mol. The fraction of sp³-hybridized carbons (Fsp3) is 0.318. The minimum Gasteiger partial charge on any atom is -0.321 e. The monoisotopic (exact) mass is 457 g/mol. The van der Waals surface area contributed by atoms with E-state index in [2.05, 4.69) is 15.4 Å². The van der Waals surface area contributed by atoms with Gasteiger partial charge < -0.3 is 5.32 Å². The summed E-state index contributed by atoms with van der Waals surface area (Å²) in [5.41, 5.74) is 2.27. The Balaban J connectivity index is 1.54. The highest BCUT2D eigenvalue weighted by Gasteiger charge is 2.29. The van der Waals surface area contributed by atoms with Gasteiger partial charge in [-0.1, -0.05) is 6.42 Å². The molecule has 8 nitrogen and oxygen atoms in total. The quantitative estimate of drug-likeness (QED) is 0.633. The van der Waals surface area contributed by atoms with Crippen LogP contribution in [-0.2, 0) is 10.0 Å². The highest BCUT2D eigenvalue weighted by molar-refractivity contribution is 7.89. The van der Waals surface area contributed by atoms with Crippen molar-refractivity contribution in [1.29, 1.82) is 0 Å². The number of rotatable bonds is 5. The van der Waals surface area contributed by atoms with Gasteiger partial charge in [-0.3, -0.25) is 4.79 Å². The number of anilines is 1. The first kappa shape index (κ1) is 22.1. The van der Waals surface area contributed by atoms with Gasteiger partial charge in [-0.05, 0) is 63.1 Å². The summed E-state index contributed by atoms with van der Waals surface area (Å²) in [6.45, 7) is 4.51. The van der Waals surface area contributed by atoms with Crippen LogP contribution < -0.4 is 5.32 Å². The summed E-state index contributed by atoms with van der Waals surface area (Å²) in [5, 5.41) is 7.04. The fourth-order valence-electron chi connectivity index (χ4n) is 3.74. The molecule has 2 aromatic heterocycles. The molecule has 1 N–H and O–H groups in total. The highest BCUT2D eigenvalue weighted by Crippen LogP contribution is 2.24. The zero-order chi connectivity index (χ0) is 22.9. The number of benzene rings is 1. The number of hydrogen-bond acceptors (Lipinski definition) is 5. The van der Waals surface area contributed by atoms with Gasteiger partial charge in [-0.25, -0.2) is 22.5 Å². The van der Waals surface area contributed by atoms with Crippen LogP contribution in [0.15, 0.2) is 47.5 Å². The molecular formula is C22H24FN5O3S. The Morgan fingerprint density at radius 1 is 1.06 bits per heavy atom. The second kappa shape index (κ2) is 8.79. The maximum atomic E-state index is 14.4. The molecule has 1 aliphatic heterocycles. The molecule has 0 aliphatic carbocycles. The number of halogens is 1. The second-order valence-corrected chi connectivity index (χ2v) is 9.71. The molecule has 0 atom stereocenters. The Morgan fingerprint density at radius 3 is 2.44 bits per heavy atom. The lowest BCUT2D eigenvalue weighted by Gasteiger charge is -2.26. The van der Waals surface area contributed by atoms with Gasteiger partial charge in [0.05, 0.1) is 17.6 Å². The lowest BCUT2D eigenvalue weighted by atomic mass is 10.2. The fourth-order valence-corrected chi connectivity index (χ4v) is 5.34. The van der Waals surface area contributed by atoms with Crippen LogP contribution in [0.25, 0.3) is 5.82 Å². The Labute approximate surface area is 186 Å². The minimum atomic E-state index is -4.00. The molecular weight excluding hydrogens is 433 g/mol. The predicted octanol–water partition coefficient (Wildman–Crippen LogP) is 3.45. The number of nitrogens with zero attached hydrogens (tertiary/aromatic N) is 4. The maximum absolute atomic E-state index is 14.4. The van der Waals surface area contributed by atoms with Gasteiger partial charge >= 0.3 is 0 Å². The van der Waals surface area contributed by atoms with Crippen LogP contribution in [0.3, 0.4) is 0 Å². The molecule has 10 heteroatoms. The first-order chi connectivity index (χ1) is 15.3. The third-order valence-corrected chi connectivity index (χ3v) is 7.27. The summed E-state index contributed by atoms with van der Waals surface area (Å²) in [4.78, 5) is 16.5. The number of carbonyl (C=O) groups is 1. The van der Waals surface area contributed by atoms with Crippen LogP contribution in [0.5, 0.6) is 0 Å². The summed E-state index contributed by atoms with van der Waals surface area (Å²) in [5.74, 6) is -0.825. The van der Waals surface area contributed by atoms with Crippen LogP contribution in [-0.4, -0.2) is 46.5 Å². The average molecular weight is 458 g/mol. The second-order valence-electron chi connectivity index (χ2n) is 7.81. The van der Waals surface area contributed by atoms with Crippen molar-refractivity contribution in [2.24, 2.45) is 0 Å². The SMILES string of the molecule is Cc1cc(C)n(-c2ccc(NC(=O)c3ccc(F)c(S(=O)(=O)N4CCCCC4)c3)cn2)n1. The maximum Gasteiger partial charge on any atom is 0.255 e. The van der Waals surface area contributed by atoms with Crippen molar-refractivity contribution in [3.05, 3.63) is 65.4 Å². The van der Waals surface area contributed by atoms with E-state index >= 15 is 0 Å². The summed E-state index contributed by atoms with van der Waals surface area (Å²) in [7, 11) is -4.00. The van der Waals surface area contributed by atoms with Crippen molar-refractivity contribution in [3.8, 4) is 5.82 Å². The smallest absolute Gasteiger partial charge is 0.255 e. The van der Waals surface area contributed by atoms with Crippen molar-refractivity contribution in [2.45, 2.75) is 38.0 Å². The standard InChI is InChI=1S/C22H24FN5O3S/c1-15-12-16(2)28(26-15)21-9-7-18(14-24-21)25-22(29)17-6-8-19(23)20(13-17)32(30,31)27-10-4-3-5-11-27/h6-9,12-14H,3-5,10-11H2,1-2H3,(H,25,29). The molecule has 1 amide bonds. The van der Waals surface area contributed by atoms with Crippen LogP contribution in [0, 0.1) is 19.7 Å². The number of pyridine rings is 1. The van der Waals surface area contributed by atoms with Crippen molar-refractivity contribution < 1.29 is 17.6 Å². The number of carbonyl (C=O) groups excluding carboxylic acids is 1. The minimum absolute atomic E-state index is 0.0459. The Hall–Kier alpha value is -3.11. The molecule has 3 heterocycles. The zero-order valence-corrected chi connectivity index (χ0v) is 18.7. The number of piperidine rings is 1. The van der Waals surface area contributed by atoms with Gasteiger partial charge in [0.15, 0.2) is 5.82 Å². The lowest BCUT2D eigenvalue weighted by molar-refractivity contribution is 0.102. The molecule has 0 radical (unpaired) electrons. The van der Waals surface area contributed by atoms with E-state index in [1.54, 1.807) is 16.8 Å². The van der Waals surface area contributed by atoms with Gasteiger partial charge in [-0.15, -0.1) is 0 Å². The molecule has 168 valence electrons. The van der Waals surface area contributed by atoms with Crippen LogP contribution >= 0.6 is 0 Å². The van der Waals surface area contributed by atoms with E-state index in [9.17, 15) is 17.6 Å². The van der Waals surface area contributed by atoms with Crippen molar-refractivity contribution in [1.82, 2.24) is 19.1 Å². The summed E-state index contributed by atoms with van der Waals surface area (Å²) in [6, 6.07) is 8.68. The lowest BCUT2D eigenvalue weighted by Crippen LogP contribution is -2.36. The molecule has 1 fully saturated rings. The molecule has 1 aromatic carbocycles. The van der Waals surface area contributed by atoms with E-state index in [1.807, 2.05) is 19.9 Å². The Kier molecular flexibility index (Phi) is 6.07. The molecule has 32 heavy (non-hydrogen) atoms. The largest absolute Gasteiger partial charge is 0.321 e. The normalized spacial score (nSPS) is 15.0. The number of nitrogens with one attached hydrogen (secondary N) is 1. The molecule has 0 bridgehead atoms. The van der Waals surface area contributed by atoms with E-state index in [4.69, 9.17) is 0 Å². The van der Waals surface area contributed by atoms with Crippen molar-refractivity contribution in [2.75, 3.05) is 18.4 Å². The van der Waals surface area contributed by atoms with E-state index in [1.165, 1.54) is 16.6 Å².